The largest absolute Gasteiger partial charge is 0.496 e. The molecule has 0 saturated heterocycles. The number of rotatable bonds is 9. The van der Waals surface area contributed by atoms with Crippen molar-refractivity contribution in [3.05, 3.63) is 51.4 Å². The van der Waals surface area contributed by atoms with Crippen LogP contribution in [0.5, 0.6) is 5.75 Å². The fourth-order valence-corrected chi connectivity index (χ4v) is 2.88. The van der Waals surface area contributed by atoms with Gasteiger partial charge in [-0.15, -0.1) is 0 Å². The van der Waals surface area contributed by atoms with Crippen molar-refractivity contribution in [3.63, 3.8) is 0 Å². The van der Waals surface area contributed by atoms with Crippen molar-refractivity contribution in [1.29, 1.82) is 0 Å². The number of carbonyl (C=O) groups is 2. The molecule has 0 amide bonds. The van der Waals surface area contributed by atoms with Crippen LogP contribution in [0.4, 0.5) is 10.2 Å². The molecule has 0 radical (unpaired) electrons. The highest BCUT2D eigenvalue weighted by Crippen LogP contribution is 2.29. The molecule has 1 aromatic heterocycles. The zero-order valence-electron chi connectivity index (χ0n) is 15.4. The van der Waals surface area contributed by atoms with E-state index in [4.69, 9.17) is 32.7 Å². The van der Waals surface area contributed by atoms with Crippen LogP contribution in [0.3, 0.4) is 0 Å². The first-order chi connectivity index (χ1) is 13.4. The van der Waals surface area contributed by atoms with E-state index in [9.17, 15) is 14.0 Å². The highest BCUT2D eigenvalue weighted by Gasteiger charge is 2.20. The summed E-state index contributed by atoms with van der Waals surface area (Å²) in [5.74, 6) is -0.896. The number of nitrogens with one attached hydrogen (secondary N) is 1. The number of nitrogens with zero attached hydrogens (tertiary/aromatic N) is 1. The fourth-order valence-electron chi connectivity index (χ4n) is 2.49. The number of halogens is 3. The molecule has 2 rings (SSSR count). The van der Waals surface area contributed by atoms with E-state index < -0.39 is 11.8 Å². The SMILES string of the molecule is CCOC(=O)c1c(OC)ccnc1NCCC(=O)Cc1c(F)ccc(Cl)c1Cl. The topological polar surface area (TPSA) is 77.5 Å². The van der Waals surface area contributed by atoms with Gasteiger partial charge < -0.3 is 14.8 Å². The Morgan fingerprint density at radius 2 is 2.00 bits per heavy atom. The van der Waals surface area contributed by atoms with Gasteiger partial charge in [-0.05, 0) is 25.1 Å². The first-order valence-electron chi connectivity index (χ1n) is 8.47. The summed E-state index contributed by atoms with van der Waals surface area (Å²) in [5.41, 5.74) is 0.203. The highest BCUT2D eigenvalue weighted by molar-refractivity contribution is 6.42. The monoisotopic (exact) mass is 428 g/mol. The molecule has 0 saturated carbocycles. The van der Waals surface area contributed by atoms with E-state index in [1.54, 1.807) is 6.92 Å². The third kappa shape index (κ3) is 5.33. The van der Waals surface area contributed by atoms with Gasteiger partial charge in [-0.1, -0.05) is 23.2 Å². The molecule has 0 bridgehead atoms. The number of hydrogen-bond acceptors (Lipinski definition) is 6. The number of pyridine rings is 1. The Bertz CT molecular complexity index is 877. The molecule has 1 aromatic carbocycles. The van der Waals surface area contributed by atoms with Crippen molar-refractivity contribution in [2.24, 2.45) is 0 Å². The molecule has 28 heavy (non-hydrogen) atoms. The molecular weight excluding hydrogens is 410 g/mol. The zero-order chi connectivity index (χ0) is 20.7. The molecule has 0 fully saturated rings. The summed E-state index contributed by atoms with van der Waals surface area (Å²) in [5, 5.41) is 3.13. The summed E-state index contributed by atoms with van der Waals surface area (Å²) in [7, 11) is 1.43. The lowest BCUT2D eigenvalue weighted by molar-refractivity contribution is -0.118. The van der Waals surface area contributed by atoms with Gasteiger partial charge in [-0.25, -0.2) is 14.2 Å². The third-order valence-corrected chi connectivity index (χ3v) is 4.66. The molecule has 2 aromatic rings. The van der Waals surface area contributed by atoms with E-state index in [0.717, 1.165) is 0 Å². The number of carbonyl (C=O) groups excluding carboxylic acids is 2. The Balaban J connectivity index is 2.05. The predicted octanol–water partition coefficient (Wildman–Crippen LogP) is 4.33. The van der Waals surface area contributed by atoms with Gasteiger partial charge >= 0.3 is 5.97 Å². The number of aromatic nitrogens is 1. The summed E-state index contributed by atoms with van der Waals surface area (Å²) in [6, 6.07) is 4.04. The minimum atomic E-state index is -0.589. The fraction of sp³-hybridized carbons (Fsp3) is 0.316. The van der Waals surface area contributed by atoms with Crippen molar-refractivity contribution in [1.82, 2.24) is 4.98 Å². The number of hydrogen-bond donors (Lipinski definition) is 1. The number of ketones is 1. The molecule has 6 nitrogen and oxygen atoms in total. The van der Waals surface area contributed by atoms with Crippen molar-refractivity contribution >= 4 is 40.8 Å². The molecule has 9 heteroatoms. The van der Waals surface area contributed by atoms with Crippen LogP contribution >= 0.6 is 23.2 Å². The van der Waals surface area contributed by atoms with E-state index in [0.29, 0.717) is 5.75 Å². The zero-order valence-corrected chi connectivity index (χ0v) is 16.9. The Labute approximate surface area is 171 Å². The van der Waals surface area contributed by atoms with Gasteiger partial charge in [0.1, 0.15) is 28.7 Å². The second-order valence-electron chi connectivity index (χ2n) is 5.67. The summed E-state index contributed by atoms with van der Waals surface area (Å²) >= 11 is 11.8. The maximum atomic E-state index is 13.9. The third-order valence-electron chi connectivity index (χ3n) is 3.82. The van der Waals surface area contributed by atoms with Crippen molar-refractivity contribution in [2.45, 2.75) is 19.8 Å². The van der Waals surface area contributed by atoms with Gasteiger partial charge in [0.25, 0.3) is 0 Å². The number of Topliss-reactive ketones (excluding diaryl/α,β-unsaturated/α-hetero) is 1. The maximum absolute atomic E-state index is 13.9. The molecule has 0 aliphatic carbocycles. The first-order valence-corrected chi connectivity index (χ1v) is 9.22. The van der Waals surface area contributed by atoms with Gasteiger partial charge in [0.05, 0.1) is 23.8 Å². The van der Waals surface area contributed by atoms with E-state index in [1.807, 2.05) is 0 Å². The van der Waals surface area contributed by atoms with Crippen LogP contribution < -0.4 is 10.1 Å². The molecule has 0 aliphatic rings. The smallest absolute Gasteiger partial charge is 0.345 e. The van der Waals surface area contributed by atoms with Gasteiger partial charge in [0.15, 0.2) is 0 Å². The summed E-state index contributed by atoms with van der Waals surface area (Å²) in [4.78, 5) is 28.5. The molecule has 0 aliphatic heterocycles. The van der Waals surface area contributed by atoms with Crippen molar-refractivity contribution in [3.8, 4) is 5.75 Å². The summed E-state index contributed by atoms with van der Waals surface area (Å²) in [6.07, 6.45) is 1.33. The number of methoxy groups -OCH3 is 1. The minimum absolute atomic E-state index is 0.0297. The average Bonchev–Trinajstić information content (AvgIpc) is 2.68. The molecule has 0 unspecified atom stereocenters. The van der Waals surface area contributed by atoms with Crippen LogP contribution in [-0.2, 0) is 16.0 Å². The van der Waals surface area contributed by atoms with Gasteiger partial charge in [0.2, 0.25) is 0 Å². The summed E-state index contributed by atoms with van der Waals surface area (Å²) < 4.78 is 24.1. The lowest BCUT2D eigenvalue weighted by Gasteiger charge is -2.13. The molecule has 1 heterocycles. The van der Waals surface area contributed by atoms with Crippen LogP contribution in [0, 0.1) is 5.82 Å². The van der Waals surface area contributed by atoms with Crippen LogP contribution in [0.25, 0.3) is 0 Å². The molecule has 1 N–H and O–H groups in total. The van der Waals surface area contributed by atoms with Crippen LogP contribution in [0.2, 0.25) is 10.0 Å². The first kappa shape index (κ1) is 21.9. The Hall–Kier alpha value is -2.38. The van der Waals surface area contributed by atoms with Crippen LogP contribution in [0.15, 0.2) is 24.4 Å². The number of anilines is 1. The second-order valence-corrected chi connectivity index (χ2v) is 6.46. The van der Waals surface area contributed by atoms with Crippen LogP contribution in [0.1, 0.15) is 29.3 Å². The standard InChI is InChI=1S/C19H19Cl2FN2O4/c1-3-28-19(26)16-15(27-2)7-9-24-18(16)23-8-6-11(25)10-12-14(22)5-4-13(20)17(12)21/h4-5,7,9H,3,6,8,10H2,1-2H3,(H,23,24). The Kier molecular flexibility index (Phi) is 8.02. The number of benzene rings is 1. The summed E-state index contributed by atoms with van der Waals surface area (Å²) in [6.45, 7) is 2.05. The van der Waals surface area contributed by atoms with Gasteiger partial charge in [-0.3, -0.25) is 4.79 Å². The maximum Gasteiger partial charge on any atom is 0.345 e. The van der Waals surface area contributed by atoms with Gasteiger partial charge in [0, 0.05) is 31.1 Å². The van der Waals surface area contributed by atoms with Gasteiger partial charge in [-0.2, -0.15) is 0 Å². The molecule has 0 atom stereocenters. The quantitative estimate of drug-likeness (QED) is 0.473. The minimum Gasteiger partial charge on any atom is -0.496 e. The number of ether oxygens (including phenoxy) is 2. The van der Waals surface area contributed by atoms with E-state index in [1.165, 1.54) is 31.5 Å². The average molecular weight is 429 g/mol. The normalized spacial score (nSPS) is 10.5. The van der Waals surface area contributed by atoms with Crippen molar-refractivity contribution in [2.75, 3.05) is 25.6 Å². The lowest BCUT2D eigenvalue weighted by atomic mass is 10.1. The highest BCUT2D eigenvalue weighted by atomic mass is 35.5. The van der Waals surface area contributed by atoms with E-state index in [2.05, 4.69) is 10.3 Å². The van der Waals surface area contributed by atoms with Crippen molar-refractivity contribution < 1.29 is 23.5 Å². The Morgan fingerprint density at radius 3 is 2.68 bits per heavy atom. The van der Waals surface area contributed by atoms with Crippen LogP contribution in [-0.4, -0.2) is 37.0 Å². The molecule has 150 valence electrons. The second kappa shape index (κ2) is 10.2. The van der Waals surface area contributed by atoms with E-state index >= 15 is 0 Å². The predicted molar refractivity (Wildman–Crippen MR) is 105 cm³/mol. The van der Waals surface area contributed by atoms with E-state index in [-0.39, 0.29) is 58.8 Å². The number of esters is 1. The molecular formula is C19H19Cl2FN2O4. The molecule has 0 spiro atoms. The Morgan fingerprint density at radius 1 is 1.25 bits per heavy atom. The lowest BCUT2D eigenvalue weighted by Crippen LogP contribution is -2.16.